The van der Waals surface area contributed by atoms with Gasteiger partial charge in [0.1, 0.15) is 11.9 Å². The molecule has 2 fully saturated rings. The summed E-state index contributed by atoms with van der Waals surface area (Å²) in [5.41, 5.74) is 0. The van der Waals surface area contributed by atoms with E-state index in [9.17, 15) is 4.79 Å². The Hall–Kier alpha value is -1.01. The molecule has 2 aliphatic heterocycles. The van der Waals surface area contributed by atoms with E-state index in [-0.39, 0.29) is 23.9 Å². The van der Waals surface area contributed by atoms with Crippen molar-refractivity contribution in [1.29, 1.82) is 0 Å². The number of hydrogen-bond acceptors (Lipinski definition) is 4. The van der Waals surface area contributed by atoms with Crippen LogP contribution in [0.2, 0.25) is 10.0 Å². The summed E-state index contributed by atoms with van der Waals surface area (Å²) < 4.78 is 11.4. The molecule has 134 valence electrons. The molecule has 3 rings (SSSR count). The van der Waals surface area contributed by atoms with Crippen LogP contribution >= 0.6 is 23.2 Å². The highest BCUT2D eigenvalue weighted by molar-refractivity contribution is 6.42. The van der Waals surface area contributed by atoms with Crippen LogP contribution in [0.1, 0.15) is 33.6 Å². The Morgan fingerprint density at radius 1 is 1.25 bits per heavy atom. The van der Waals surface area contributed by atoms with Crippen LogP contribution in [0, 0.1) is 0 Å². The molecule has 2 unspecified atom stereocenters. The standard InChI is InChI=1S/C11H19NO3.C6H4Cl2O/c1-4-5-12-7-9-8(6-10(12)13)14-11(2,3)15-9;7-5-2-1-4(9)3-6(5)8/h8-9H,4-7H2,1-3H3;1-3,9H. The molecule has 7 heteroatoms. The van der Waals surface area contributed by atoms with Gasteiger partial charge in [0.25, 0.3) is 0 Å². The summed E-state index contributed by atoms with van der Waals surface area (Å²) in [6, 6.07) is 4.41. The first-order chi connectivity index (χ1) is 11.2. The second kappa shape index (κ2) is 7.91. The van der Waals surface area contributed by atoms with E-state index in [4.69, 9.17) is 37.8 Å². The maximum atomic E-state index is 11.7. The van der Waals surface area contributed by atoms with Gasteiger partial charge in [0.2, 0.25) is 5.91 Å². The first-order valence-electron chi connectivity index (χ1n) is 7.99. The number of benzene rings is 1. The van der Waals surface area contributed by atoms with Crippen molar-refractivity contribution in [2.24, 2.45) is 0 Å². The van der Waals surface area contributed by atoms with Crippen LogP contribution in [0.25, 0.3) is 0 Å². The van der Waals surface area contributed by atoms with Crippen LogP contribution in [-0.4, -0.2) is 47.0 Å². The van der Waals surface area contributed by atoms with Gasteiger partial charge in [-0.1, -0.05) is 30.1 Å². The second-order valence-corrected chi connectivity index (χ2v) is 7.17. The summed E-state index contributed by atoms with van der Waals surface area (Å²) in [5.74, 6) is -0.207. The third-order valence-electron chi connectivity index (χ3n) is 3.81. The number of hydrogen-bond donors (Lipinski definition) is 1. The number of likely N-dealkylation sites (tertiary alicyclic amines) is 1. The second-order valence-electron chi connectivity index (χ2n) is 6.35. The first-order valence-corrected chi connectivity index (χ1v) is 8.75. The number of aromatic hydroxyl groups is 1. The van der Waals surface area contributed by atoms with Crippen LogP contribution < -0.4 is 0 Å². The highest BCUT2D eigenvalue weighted by Crippen LogP contribution is 2.33. The van der Waals surface area contributed by atoms with Crippen molar-refractivity contribution in [3.63, 3.8) is 0 Å². The molecule has 0 bridgehead atoms. The van der Waals surface area contributed by atoms with Gasteiger partial charge in [-0.25, -0.2) is 0 Å². The molecule has 1 aromatic carbocycles. The van der Waals surface area contributed by atoms with Crippen molar-refractivity contribution in [2.75, 3.05) is 13.1 Å². The van der Waals surface area contributed by atoms with Crippen LogP contribution in [0.4, 0.5) is 0 Å². The number of carbonyl (C=O) groups excluding carboxylic acids is 1. The lowest BCUT2D eigenvalue weighted by Gasteiger charge is -2.32. The molecule has 1 aromatic rings. The predicted molar refractivity (Wildman–Crippen MR) is 93.4 cm³/mol. The largest absolute Gasteiger partial charge is 0.508 e. The molecular formula is C17H23Cl2NO4. The Kier molecular flexibility index (Phi) is 6.37. The number of piperidine rings is 1. The maximum absolute atomic E-state index is 11.7. The van der Waals surface area contributed by atoms with Crippen LogP contribution in [0.3, 0.4) is 0 Å². The molecule has 0 radical (unpaired) electrons. The van der Waals surface area contributed by atoms with Gasteiger partial charge in [-0.05, 0) is 38.5 Å². The highest BCUT2D eigenvalue weighted by Gasteiger charge is 2.46. The van der Waals surface area contributed by atoms with Gasteiger partial charge in [-0.15, -0.1) is 0 Å². The zero-order valence-corrected chi connectivity index (χ0v) is 15.6. The lowest BCUT2D eigenvalue weighted by Crippen LogP contribution is -2.48. The summed E-state index contributed by atoms with van der Waals surface area (Å²) in [6.07, 6.45) is 1.48. The summed E-state index contributed by atoms with van der Waals surface area (Å²) in [4.78, 5) is 13.6. The molecule has 1 N–H and O–H groups in total. The number of halogens is 2. The fourth-order valence-electron chi connectivity index (χ4n) is 2.83. The number of ether oxygens (including phenoxy) is 2. The normalized spacial score (nSPS) is 25.0. The van der Waals surface area contributed by atoms with E-state index >= 15 is 0 Å². The van der Waals surface area contributed by atoms with Crippen molar-refractivity contribution in [1.82, 2.24) is 4.90 Å². The van der Waals surface area contributed by atoms with E-state index in [1.54, 1.807) is 6.07 Å². The summed E-state index contributed by atoms with van der Waals surface area (Å²) in [5, 5.41) is 9.62. The molecule has 24 heavy (non-hydrogen) atoms. The number of rotatable bonds is 2. The van der Waals surface area contributed by atoms with Crippen molar-refractivity contribution in [3.05, 3.63) is 28.2 Å². The van der Waals surface area contributed by atoms with Gasteiger partial charge < -0.3 is 19.5 Å². The van der Waals surface area contributed by atoms with E-state index in [1.807, 2.05) is 18.7 Å². The Balaban J connectivity index is 0.000000198. The van der Waals surface area contributed by atoms with E-state index < -0.39 is 5.79 Å². The minimum atomic E-state index is -0.530. The molecule has 0 spiro atoms. The third-order valence-corrected chi connectivity index (χ3v) is 4.55. The zero-order valence-electron chi connectivity index (χ0n) is 14.1. The third kappa shape index (κ3) is 4.99. The predicted octanol–water partition coefficient (Wildman–Crippen LogP) is 3.85. The molecule has 5 nitrogen and oxygen atoms in total. The van der Waals surface area contributed by atoms with Crippen molar-refractivity contribution < 1.29 is 19.4 Å². The number of nitrogens with zero attached hydrogens (tertiary/aromatic N) is 1. The van der Waals surface area contributed by atoms with Gasteiger partial charge >= 0.3 is 0 Å². The highest BCUT2D eigenvalue weighted by atomic mass is 35.5. The summed E-state index contributed by atoms with van der Waals surface area (Å²) in [6.45, 7) is 7.39. The molecule has 2 atom stereocenters. The average molecular weight is 376 g/mol. The van der Waals surface area contributed by atoms with E-state index in [1.165, 1.54) is 12.1 Å². The summed E-state index contributed by atoms with van der Waals surface area (Å²) in [7, 11) is 0. The Morgan fingerprint density at radius 3 is 2.50 bits per heavy atom. The minimum Gasteiger partial charge on any atom is -0.508 e. The van der Waals surface area contributed by atoms with Gasteiger partial charge in [-0.3, -0.25) is 4.79 Å². The van der Waals surface area contributed by atoms with Crippen molar-refractivity contribution >= 4 is 29.1 Å². The molecule has 0 aromatic heterocycles. The van der Waals surface area contributed by atoms with E-state index in [0.717, 1.165) is 13.0 Å². The SMILES string of the molecule is CCCN1CC2OC(C)(C)OC2CC1=O.Oc1ccc(Cl)c(Cl)c1. The number of amides is 1. The average Bonchev–Trinajstić information content (AvgIpc) is 2.78. The lowest BCUT2D eigenvalue weighted by atomic mass is 10.0. The monoisotopic (exact) mass is 375 g/mol. The minimum absolute atomic E-state index is 0.0411. The molecule has 1 amide bonds. The molecule has 0 aliphatic carbocycles. The molecule has 2 heterocycles. The molecule has 2 saturated heterocycles. The number of fused-ring (bicyclic) bond motifs is 1. The smallest absolute Gasteiger partial charge is 0.225 e. The van der Waals surface area contributed by atoms with Gasteiger partial charge in [-0.2, -0.15) is 0 Å². The van der Waals surface area contributed by atoms with Gasteiger partial charge in [0.05, 0.1) is 22.6 Å². The van der Waals surface area contributed by atoms with Gasteiger partial charge in [0.15, 0.2) is 5.79 Å². The molecule has 0 saturated carbocycles. The Morgan fingerprint density at radius 2 is 1.92 bits per heavy atom. The molecular weight excluding hydrogens is 353 g/mol. The van der Waals surface area contributed by atoms with E-state index in [0.29, 0.717) is 23.0 Å². The van der Waals surface area contributed by atoms with Crippen molar-refractivity contribution in [2.45, 2.75) is 51.6 Å². The summed E-state index contributed by atoms with van der Waals surface area (Å²) >= 11 is 11.1. The first kappa shape index (κ1) is 19.3. The number of phenolic OH excluding ortho intramolecular Hbond substituents is 1. The fraction of sp³-hybridized carbons (Fsp3) is 0.588. The van der Waals surface area contributed by atoms with E-state index in [2.05, 4.69) is 6.92 Å². The fourth-order valence-corrected chi connectivity index (χ4v) is 3.12. The van der Waals surface area contributed by atoms with Crippen LogP contribution in [-0.2, 0) is 14.3 Å². The van der Waals surface area contributed by atoms with Gasteiger partial charge in [0, 0.05) is 13.1 Å². The number of carbonyl (C=O) groups is 1. The Bertz CT molecular complexity index is 594. The van der Waals surface area contributed by atoms with Crippen molar-refractivity contribution in [3.8, 4) is 5.75 Å². The number of phenols is 1. The van der Waals surface area contributed by atoms with Crippen LogP contribution in [0.5, 0.6) is 5.75 Å². The lowest BCUT2D eigenvalue weighted by molar-refractivity contribution is -0.145. The Labute approximate surface area is 152 Å². The quantitative estimate of drug-likeness (QED) is 0.852. The topological polar surface area (TPSA) is 59.0 Å². The maximum Gasteiger partial charge on any atom is 0.225 e. The van der Waals surface area contributed by atoms with Crippen LogP contribution in [0.15, 0.2) is 18.2 Å². The molecule has 2 aliphatic rings. The zero-order chi connectivity index (χ0) is 17.9.